The number of rotatable bonds is 7. The van der Waals surface area contributed by atoms with Gasteiger partial charge in [-0.25, -0.2) is 0 Å². The number of methoxy groups -OCH3 is 2. The van der Waals surface area contributed by atoms with E-state index in [0.717, 1.165) is 0 Å². The van der Waals surface area contributed by atoms with Crippen LogP contribution in [-0.2, 0) is 4.79 Å². The lowest BCUT2D eigenvalue weighted by Crippen LogP contribution is -2.27. The lowest BCUT2D eigenvalue weighted by Gasteiger charge is -2.13. The smallest absolute Gasteiger partial charge is 0.286 e. The Morgan fingerprint density at radius 3 is 2.58 bits per heavy atom. The highest BCUT2D eigenvalue weighted by Crippen LogP contribution is 2.35. The van der Waals surface area contributed by atoms with Crippen molar-refractivity contribution in [2.24, 2.45) is 0 Å². The van der Waals surface area contributed by atoms with Gasteiger partial charge in [0.05, 0.1) is 31.2 Å². The first-order valence-corrected chi connectivity index (χ1v) is 7.46. The summed E-state index contributed by atoms with van der Waals surface area (Å²) in [5, 5.41) is 5.62. The second-order valence-corrected chi connectivity index (χ2v) is 5.13. The van der Waals surface area contributed by atoms with Crippen LogP contribution in [-0.4, -0.2) is 32.6 Å². The number of furan rings is 1. The summed E-state index contributed by atoms with van der Waals surface area (Å²) in [4.78, 5) is 23.7. The Bertz CT molecular complexity index is 716. The zero-order valence-corrected chi connectivity index (χ0v) is 14.0. The Kier molecular flexibility index (Phi) is 6.08. The third kappa shape index (κ3) is 4.42. The molecule has 2 rings (SSSR count). The second-order valence-electron chi connectivity index (χ2n) is 4.72. The average Bonchev–Trinajstić information content (AvgIpc) is 3.09. The molecular weight excluding hydrogens is 336 g/mol. The molecule has 0 saturated carbocycles. The molecule has 1 aromatic heterocycles. The molecule has 0 spiro atoms. The molecule has 8 heteroatoms. The Hall–Kier alpha value is -2.67. The minimum Gasteiger partial charge on any atom is -0.495 e. The van der Waals surface area contributed by atoms with Gasteiger partial charge in [-0.15, -0.1) is 0 Å². The van der Waals surface area contributed by atoms with Crippen LogP contribution in [0, 0.1) is 0 Å². The summed E-state index contributed by atoms with van der Waals surface area (Å²) in [6.45, 7) is 0.164. The van der Waals surface area contributed by atoms with E-state index < -0.39 is 0 Å². The first-order valence-electron chi connectivity index (χ1n) is 7.08. The van der Waals surface area contributed by atoms with E-state index in [9.17, 15) is 9.59 Å². The van der Waals surface area contributed by atoms with Crippen LogP contribution >= 0.6 is 11.6 Å². The number of amides is 2. The van der Waals surface area contributed by atoms with Gasteiger partial charge in [0.15, 0.2) is 5.76 Å². The number of hydrogen-bond donors (Lipinski definition) is 2. The molecule has 2 aromatic rings. The molecule has 1 aromatic carbocycles. The van der Waals surface area contributed by atoms with Gasteiger partial charge in [0, 0.05) is 19.0 Å². The van der Waals surface area contributed by atoms with Gasteiger partial charge in [0.1, 0.15) is 11.5 Å². The summed E-state index contributed by atoms with van der Waals surface area (Å²) in [5.74, 6) is 0.382. The summed E-state index contributed by atoms with van der Waals surface area (Å²) < 4.78 is 15.3. The number of anilines is 1. The molecule has 2 amide bonds. The molecule has 1 heterocycles. The highest BCUT2D eigenvalue weighted by molar-refractivity contribution is 6.32. The molecule has 0 fully saturated rings. The normalized spacial score (nSPS) is 10.1. The van der Waals surface area contributed by atoms with Crippen molar-refractivity contribution < 1.29 is 23.5 Å². The average molecular weight is 353 g/mol. The van der Waals surface area contributed by atoms with Gasteiger partial charge in [0.25, 0.3) is 5.91 Å². The van der Waals surface area contributed by atoms with Crippen LogP contribution < -0.4 is 20.1 Å². The van der Waals surface area contributed by atoms with Crippen LogP contribution in [0.2, 0.25) is 5.02 Å². The third-order valence-electron chi connectivity index (χ3n) is 3.13. The third-order valence-corrected chi connectivity index (χ3v) is 3.43. The molecule has 0 saturated heterocycles. The van der Waals surface area contributed by atoms with Crippen molar-refractivity contribution in [3.8, 4) is 11.5 Å². The lowest BCUT2D eigenvalue weighted by atomic mass is 10.2. The fourth-order valence-electron chi connectivity index (χ4n) is 1.95. The van der Waals surface area contributed by atoms with Crippen LogP contribution in [0.4, 0.5) is 5.69 Å². The van der Waals surface area contributed by atoms with Crippen molar-refractivity contribution in [2.75, 3.05) is 26.1 Å². The number of halogens is 1. The molecule has 0 unspecified atom stereocenters. The van der Waals surface area contributed by atoms with Crippen LogP contribution in [0.3, 0.4) is 0 Å². The van der Waals surface area contributed by atoms with E-state index in [1.54, 1.807) is 24.3 Å². The number of nitrogens with one attached hydrogen (secondary N) is 2. The predicted molar refractivity (Wildman–Crippen MR) is 88.8 cm³/mol. The van der Waals surface area contributed by atoms with Crippen LogP contribution in [0.25, 0.3) is 0 Å². The highest BCUT2D eigenvalue weighted by atomic mass is 35.5. The van der Waals surface area contributed by atoms with Crippen LogP contribution in [0.5, 0.6) is 11.5 Å². The summed E-state index contributed by atoms with van der Waals surface area (Å²) in [7, 11) is 2.96. The molecule has 128 valence electrons. The molecule has 2 N–H and O–H groups in total. The van der Waals surface area contributed by atoms with Gasteiger partial charge in [-0.3, -0.25) is 9.59 Å². The van der Waals surface area contributed by atoms with E-state index in [2.05, 4.69) is 10.6 Å². The SMILES string of the molecule is COc1cc(OC)c(NC(=O)CCNC(=O)c2ccco2)cc1Cl. The van der Waals surface area contributed by atoms with Crippen molar-refractivity contribution >= 4 is 29.1 Å². The maximum absolute atomic E-state index is 12.0. The molecule has 0 aliphatic rings. The standard InChI is InChI=1S/C16H17ClN2O5/c1-22-13-9-14(23-2)11(8-10(13)17)19-15(20)5-6-18-16(21)12-4-3-7-24-12/h3-4,7-9H,5-6H2,1-2H3,(H,18,21)(H,19,20). The number of carbonyl (C=O) groups excluding carboxylic acids is 2. The minimum atomic E-state index is -0.377. The van der Waals surface area contributed by atoms with Gasteiger partial charge >= 0.3 is 0 Å². The zero-order valence-electron chi connectivity index (χ0n) is 13.2. The van der Waals surface area contributed by atoms with E-state index >= 15 is 0 Å². The Morgan fingerprint density at radius 1 is 1.21 bits per heavy atom. The van der Waals surface area contributed by atoms with Crippen molar-refractivity contribution in [2.45, 2.75) is 6.42 Å². The maximum atomic E-state index is 12.0. The second kappa shape index (κ2) is 8.26. The highest BCUT2D eigenvalue weighted by Gasteiger charge is 2.13. The monoisotopic (exact) mass is 352 g/mol. The lowest BCUT2D eigenvalue weighted by molar-refractivity contribution is -0.116. The van der Waals surface area contributed by atoms with Gasteiger partial charge in [-0.1, -0.05) is 11.6 Å². The number of ether oxygens (including phenoxy) is 2. The number of hydrogen-bond acceptors (Lipinski definition) is 5. The maximum Gasteiger partial charge on any atom is 0.286 e. The quantitative estimate of drug-likeness (QED) is 0.799. The summed E-state index contributed by atoms with van der Waals surface area (Å²) in [6, 6.07) is 6.27. The molecule has 0 aliphatic heterocycles. The molecule has 0 atom stereocenters. The fraction of sp³-hybridized carbons (Fsp3) is 0.250. The first-order chi connectivity index (χ1) is 11.5. The van der Waals surface area contributed by atoms with Crippen LogP contribution in [0.1, 0.15) is 17.0 Å². The predicted octanol–water partition coefficient (Wildman–Crippen LogP) is 2.71. The summed E-state index contributed by atoms with van der Waals surface area (Å²) in [6.07, 6.45) is 1.49. The topological polar surface area (TPSA) is 89.8 Å². The molecule has 0 bridgehead atoms. The van der Waals surface area contributed by atoms with Crippen molar-refractivity contribution in [3.63, 3.8) is 0 Å². The Morgan fingerprint density at radius 2 is 1.96 bits per heavy atom. The molecular formula is C16H17ClN2O5. The van der Waals surface area contributed by atoms with Gasteiger partial charge in [-0.05, 0) is 18.2 Å². The molecule has 7 nitrogen and oxygen atoms in total. The van der Waals surface area contributed by atoms with Gasteiger partial charge in [0.2, 0.25) is 5.91 Å². The summed E-state index contributed by atoms with van der Waals surface area (Å²) in [5.41, 5.74) is 0.422. The van der Waals surface area contributed by atoms with Crippen molar-refractivity contribution in [1.29, 1.82) is 0 Å². The van der Waals surface area contributed by atoms with E-state index in [0.29, 0.717) is 22.2 Å². The zero-order chi connectivity index (χ0) is 17.5. The first kappa shape index (κ1) is 17.7. The molecule has 24 heavy (non-hydrogen) atoms. The van der Waals surface area contributed by atoms with Gasteiger partial charge in [-0.2, -0.15) is 0 Å². The fourth-order valence-corrected chi connectivity index (χ4v) is 2.20. The van der Waals surface area contributed by atoms with Gasteiger partial charge < -0.3 is 24.5 Å². The Labute approximate surface area is 143 Å². The van der Waals surface area contributed by atoms with Crippen molar-refractivity contribution in [1.82, 2.24) is 5.32 Å². The largest absolute Gasteiger partial charge is 0.495 e. The number of benzene rings is 1. The van der Waals surface area contributed by atoms with E-state index in [1.165, 1.54) is 20.5 Å². The number of carbonyl (C=O) groups is 2. The van der Waals surface area contributed by atoms with Crippen molar-refractivity contribution in [3.05, 3.63) is 41.3 Å². The molecule has 0 aliphatic carbocycles. The Balaban J connectivity index is 1.90. The van der Waals surface area contributed by atoms with E-state index in [1.807, 2.05) is 0 Å². The minimum absolute atomic E-state index is 0.0826. The molecule has 0 radical (unpaired) electrons. The van der Waals surface area contributed by atoms with Crippen LogP contribution in [0.15, 0.2) is 34.9 Å². The summed E-state index contributed by atoms with van der Waals surface area (Å²) >= 11 is 6.05. The van der Waals surface area contributed by atoms with E-state index in [4.69, 9.17) is 25.5 Å². The van der Waals surface area contributed by atoms with E-state index in [-0.39, 0.29) is 30.5 Å².